The monoisotopic (exact) mass is 566 g/mol. The number of carbonyl (C=O) groups is 3. The number of rotatable bonds is 10. The molecule has 1 saturated carbocycles. The molecule has 4 aromatic rings. The van der Waals surface area contributed by atoms with E-state index in [1.807, 2.05) is 55.5 Å². The summed E-state index contributed by atoms with van der Waals surface area (Å²) in [7, 11) is 0. The Morgan fingerprint density at radius 3 is 2.12 bits per heavy atom. The first-order valence-corrected chi connectivity index (χ1v) is 14.2. The maximum absolute atomic E-state index is 12.5. The third kappa shape index (κ3) is 7.46. The minimum Gasteiger partial charge on any atom is -0.490 e. The lowest BCUT2D eigenvalue weighted by molar-refractivity contribution is -0.121. The lowest BCUT2D eigenvalue weighted by atomic mass is 9.93. The van der Waals surface area contributed by atoms with E-state index >= 15 is 0 Å². The molecule has 2 amide bonds. The average Bonchev–Trinajstić information content (AvgIpc) is 2.99. The Morgan fingerprint density at radius 2 is 1.43 bits per heavy atom. The summed E-state index contributed by atoms with van der Waals surface area (Å²) in [5.41, 5.74) is 1.09. The first kappa shape index (κ1) is 28.7. The van der Waals surface area contributed by atoms with Crippen LogP contribution in [0.2, 0.25) is 0 Å². The van der Waals surface area contributed by atoms with Crippen LogP contribution in [0, 0.1) is 0 Å². The third-order valence-corrected chi connectivity index (χ3v) is 7.40. The van der Waals surface area contributed by atoms with E-state index < -0.39 is 5.97 Å². The molecule has 0 spiro atoms. The van der Waals surface area contributed by atoms with Crippen LogP contribution in [0.1, 0.15) is 54.9 Å². The number of carboxylic acid groups (broad SMARTS) is 1. The molecule has 42 heavy (non-hydrogen) atoms. The molecule has 5 rings (SSSR count). The van der Waals surface area contributed by atoms with Crippen molar-refractivity contribution < 1.29 is 29.0 Å². The summed E-state index contributed by atoms with van der Waals surface area (Å²) in [6, 6.07) is 25.7. The molecular weight excluding hydrogens is 532 g/mol. The van der Waals surface area contributed by atoms with Gasteiger partial charge in [0.05, 0.1) is 23.8 Å². The summed E-state index contributed by atoms with van der Waals surface area (Å²) in [5, 5.41) is 17.1. The van der Waals surface area contributed by atoms with Crippen LogP contribution in [0.4, 0.5) is 5.69 Å². The van der Waals surface area contributed by atoms with E-state index in [9.17, 15) is 19.5 Å². The SMILES string of the molecule is CCC(=O)NC1CCC(Oc2ccc3cc(Oc4ccc(CC(=O)Nc5ccccc5C(=O)O)cc4)ccc3c2)CC1. The molecule has 0 bridgehead atoms. The maximum Gasteiger partial charge on any atom is 0.337 e. The highest BCUT2D eigenvalue weighted by Crippen LogP contribution is 2.30. The summed E-state index contributed by atoms with van der Waals surface area (Å²) >= 11 is 0. The van der Waals surface area contributed by atoms with Crippen molar-refractivity contribution in [1.82, 2.24) is 5.32 Å². The number of aromatic carboxylic acids is 1. The first-order chi connectivity index (χ1) is 20.4. The number of fused-ring (bicyclic) bond motifs is 1. The molecule has 0 unspecified atom stereocenters. The lowest BCUT2D eigenvalue weighted by Gasteiger charge is -2.29. The van der Waals surface area contributed by atoms with E-state index in [-0.39, 0.29) is 41.6 Å². The van der Waals surface area contributed by atoms with Gasteiger partial charge in [-0.2, -0.15) is 0 Å². The lowest BCUT2D eigenvalue weighted by Crippen LogP contribution is -2.39. The van der Waals surface area contributed by atoms with Crippen molar-refractivity contribution in [3.63, 3.8) is 0 Å². The van der Waals surface area contributed by atoms with Gasteiger partial charge in [0.15, 0.2) is 0 Å². The molecule has 216 valence electrons. The van der Waals surface area contributed by atoms with Gasteiger partial charge in [0.1, 0.15) is 17.2 Å². The Kier molecular flexibility index (Phi) is 9.02. The van der Waals surface area contributed by atoms with Crippen LogP contribution in [0.3, 0.4) is 0 Å². The Balaban J connectivity index is 1.14. The number of carboxylic acids is 1. The zero-order valence-electron chi connectivity index (χ0n) is 23.5. The van der Waals surface area contributed by atoms with E-state index in [1.165, 1.54) is 6.07 Å². The predicted molar refractivity (Wildman–Crippen MR) is 161 cm³/mol. The van der Waals surface area contributed by atoms with Gasteiger partial charge in [0.2, 0.25) is 11.8 Å². The van der Waals surface area contributed by atoms with Gasteiger partial charge in [0.25, 0.3) is 0 Å². The second-order valence-corrected chi connectivity index (χ2v) is 10.5. The van der Waals surface area contributed by atoms with Crippen molar-refractivity contribution in [2.45, 2.75) is 57.6 Å². The number of nitrogens with one attached hydrogen (secondary N) is 2. The Morgan fingerprint density at radius 1 is 0.786 bits per heavy atom. The van der Waals surface area contributed by atoms with Gasteiger partial charge in [-0.05, 0) is 90.6 Å². The van der Waals surface area contributed by atoms with Gasteiger partial charge in [-0.3, -0.25) is 9.59 Å². The fourth-order valence-electron chi connectivity index (χ4n) is 5.16. The predicted octanol–water partition coefficient (Wildman–Crippen LogP) is 6.73. The van der Waals surface area contributed by atoms with E-state index in [2.05, 4.69) is 10.6 Å². The molecule has 0 aliphatic heterocycles. The topological polar surface area (TPSA) is 114 Å². The van der Waals surface area contributed by atoms with Crippen molar-refractivity contribution in [2.24, 2.45) is 0 Å². The smallest absolute Gasteiger partial charge is 0.337 e. The van der Waals surface area contributed by atoms with Crippen molar-refractivity contribution in [1.29, 1.82) is 0 Å². The van der Waals surface area contributed by atoms with Crippen LogP contribution in [0.5, 0.6) is 17.2 Å². The van der Waals surface area contributed by atoms with Gasteiger partial charge >= 0.3 is 5.97 Å². The third-order valence-electron chi connectivity index (χ3n) is 7.40. The van der Waals surface area contributed by atoms with Crippen LogP contribution in [-0.4, -0.2) is 35.0 Å². The van der Waals surface area contributed by atoms with Gasteiger partial charge in [0, 0.05) is 12.5 Å². The van der Waals surface area contributed by atoms with E-state index in [1.54, 1.807) is 30.3 Å². The summed E-state index contributed by atoms with van der Waals surface area (Å²) in [4.78, 5) is 35.5. The Labute approximate surface area is 244 Å². The van der Waals surface area contributed by atoms with Crippen LogP contribution >= 0.6 is 0 Å². The summed E-state index contributed by atoms with van der Waals surface area (Å²) < 4.78 is 12.3. The van der Waals surface area contributed by atoms with Crippen LogP contribution in [-0.2, 0) is 16.0 Å². The molecule has 4 aromatic carbocycles. The molecule has 0 radical (unpaired) electrons. The average molecular weight is 567 g/mol. The Bertz CT molecular complexity index is 1580. The van der Waals surface area contributed by atoms with Crippen LogP contribution in [0.15, 0.2) is 84.9 Å². The summed E-state index contributed by atoms with van der Waals surface area (Å²) in [6.45, 7) is 1.87. The summed E-state index contributed by atoms with van der Waals surface area (Å²) in [5.74, 6) is 0.881. The zero-order chi connectivity index (χ0) is 29.5. The van der Waals surface area contributed by atoms with Crippen molar-refractivity contribution in [2.75, 3.05) is 5.32 Å². The quantitative estimate of drug-likeness (QED) is 0.196. The fraction of sp³-hybridized carbons (Fsp3) is 0.265. The molecule has 0 aromatic heterocycles. The van der Waals surface area contributed by atoms with E-state index in [0.29, 0.717) is 17.9 Å². The molecule has 8 heteroatoms. The second-order valence-electron chi connectivity index (χ2n) is 10.5. The molecule has 0 heterocycles. The number of ether oxygens (including phenoxy) is 2. The van der Waals surface area contributed by atoms with Crippen LogP contribution < -0.4 is 20.1 Å². The molecule has 1 aliphatic rings. The Hall–Kier alpha value is -4.85. The number of anilines is 1. The second kappa shape index (κ2) is 13.2. The highest BCUT2D eigenvalue weighted by Gasteiger charge is 2.23. The molecule has 0 atom stereocenters. The van der Waals surface area contributed by atoms with Crippen molar-refractivity contribution in [3.8, 4) is 17.2 Å². The highest BCUT2D eigenvalue weighted by atomic mass is 16.5. The molecule has 8 nitrogen and oxygen atoms in total. The standard InChI is InChI=1S/C34H34N2O6/c1-2-32(37)35-25-11-17-27(18-12-25)42-29-16-10-23-20-28(15-9-24(23)21-29)41-26-13-7-22(8-14-26)19-33(38)36-31-6-4-3-5-30(31)34(39)40/h3-10,13-16,20-21,25,27H,2,11-12,17-19H2,1H3,(H,35,37)(H,36,38)(H,39,40). The van der Waals surface area contributed by atoms with Gasteiger partial charge < -0.3 is 25.2 Å². The number of hydrogen-bond acceptors (Lipinski definition) is 5. The minimum atomic E-state index is -1.09. The van der Waals surface area contributed by atoms with Crippen molar-refractivity contribution >= 4 is 34.2 Å². The molecule has 1 aliphatic carbocycles. The molecule has 3 N–H and O–H groups in total. The minimum absolute atomic E-state index is 0.0474. The first-order valence-electron chi connectivity index (χ1n) is 14.2. The number of amides is 2. The highest BCUT2D eigenvalue weighted by molar-refractivity contribution is 6.01. The largest absolute Gasteiger partial charge is 0.490 e. The van der Waals surface area contributed by atoms with Gasteiger partial charge in [-0.25, -0.2) is 4.79 Å². The number of benzene rings is 4. The van der Waals surface area contributed by atoms with E-state index in [4.69, 9.17) is 9.47 Å². The van der Waals surface area contributed by atoms with Gasteiger partial charge in [-0.1, -0.05) is 43.3 Å². The fourth-order valence-corrected chi connectivity index (χ4v) is 5.16. The summed E-state index contributed by atoms with van der Waals surface area (Å²) in [6.07, 6.45) is 4.46. The zero-order valence-corrected chi connectivity index (χ0v) is 23.5. The molecule has 0 saturated heterocycles. The molecular formula is C34H34N2O6. The number of para-hydroxylation sites is 1. The van der Waals surface area contributed by atoms with Crippen molar-refractivity contribution in [3.05, 3.63) is 96.1 Å². The molecule has 1 fully saturated rings. The maximum atomic E-state index is 12.5. The van der Waals surface area contributed by atoms with Gasteiger partial charge in [-0.15, -0.1) is 0 Å². The normalized spacial score (nSPS) is 16.4. The van der Waals surface area contributed by atoms with Crippen LogP contribution in [0.25, 0.3) is 10.8 Å². The van der Waals surface area contributed by atoms with E-state index in [0.717, 1.165) is 47.8 Å². The number of hydrogen-bond donors (Lipinski definition) is 3. The number of carbonyl (C=O) groups excluding carboxylic acids is 2.